The van der Waals surface area contributed by atoms with Crippen LogP contribution in [0.4, 0.5) is 0 Å². The van der Waals surface area contributed by atoms with E-state index in [-0.39, 0.29) is 12.1 Å². The van der Waals surface area contributed by atoms with Crippen molar-refractivity contribution in [3.8, 4) is 0 Å². The van der Waals surface area contributed by atoms with E-state index >= 15 is 0 Å². The maximum Gasteiger partial charge on any atom is 0.338 e. The highest BCUT2D eigenvalue weighted by atomic mass is 16.7. The quantitative estimate of drug-likeness (QED) is 0.813. The Balaban J connectivity index is 1.53. The molecule has 0 amide bonds. The van der Waals surface area contributed by atoms with Crippen molar-refractivity contribution in [2.75, 3.05) is 13.2 Å². The molecule has 0 spiro atoms. The van der Waals surface area contributed by atoms with E-state index in [1.165, 1.54) is 0 Å². The summed E-state index contributed by atoms with van der Waals surface area (Å²) in [4.78, 5) is 11.9. The smallest absolute Gasteiger partial charge is 0.338 e. The number of hydrogen-bond donors (Lipinski definition) is 0. The third-order valence-corrected chi connectivity index (χ3v) is 3.22. The molecule has 1 aliphatic rings. The van der Waals surface area contributed by atoms with Crippen LogP contribution in [-0.2, 0) is 14.2 Å². The highest BCUT2D eigenvalue weighted by Gasteiger charge is 2.26. The van der Waals surface area contributed by atoms with Gasteiger partial charge < -0.3 is 14.2 Å². The number of ether oxygens (including phenoxy) is 3. The predicted molar refractivity (Wildman–Crippen MR) is 76.7 cm³/mol. The van der Waals surface area contributed by atoms with E-state index in [4.69, 9.17) is 14.2 Å². The van der Waals surface area contributed by atoms with E-state index in [2.05, 4.69) is 0 Å². The first-order valence-corrected chi connectivity index (χ1v) is 6.87. The Morgan fingerprint density at radius 1 is 0.905 bits per heavy atom. The average molecular weight is 284 g/mol. The molecule has 0 N–H and O–H groups in total. The zero-order chi connectivity index (χ0) is 14.5. The predicted octanol–water partition coefficient (Wildman–Crippen LogP) is 2.96. The molecule has 0 radical (unpaired) electrons. The number of hydrogen-bond acceptors (Lipinski definition) is 4. The third-order valence-electron chi connectivity index (χ3n) is 3.22. The standard InChI is InChI=1S/C17H16O4/c18-16(13-7-3-1-4-8-13)21-15-11-19-17(20-12-15)14-9-5-2-6-10-14/h1-10,15,17H,11-12H2. The van der Waals surface area contributed by atoms with E-state index in [9.17, 15) is 4.79 Å². The Morgan fingerprint density at radius 2 is 1.48 bits per heavy atom. The molecule has 2 aromatic rings. The molecule has 4 heteroatoms. The summed E-state index contributed by atoms with van der Waals surface area (Å²) in [7, 11) is 0. The molecule has 0 unspecified atom stereocenters. The molecular weight excluding hydrogens is 268 g/mol. The largest absolute Gasteiger partial charge is 0.454 e. The lowest BCUT2D eigenvalue weighted by Crippen LogP contribution is -2.35. The van der Waals surface area contributed by atoms with Crippen LogP contribution in [0.25, 0.3) is 0 Å². The average Bonchev–Trinajstić information content (AvgIpc) is 2.57. The van der Waals surface area contributed by atoms with Gasteiger partial charge in [0.25, 0.3) is 0 Å². The van der Waals surface area contributed by atoms with Crippen LogP contribution in [0.15, 0.2) is 60.7 Å². The summed E-state index contributed by atoms with van der Waals surface area (Å²) < 4.78 is 16.6. The van der Waals surface area contributed by atoms with Crippen LogP contribution in [0.1, 0.15) is 22.2 Å². The fraction of sp³-hybridized carbons (Fsp3) is 0.235. The zero-order valence-corrected chi connectivity index (χ0v) is 11.5. The Hall–Kier alpha value is -2.17. The summed E-state index contributed by atoms with van der Waals surface area (Å²) in [6, 6.07) is 18.6. The summed E-state index contributed by atoms with van der Waals surface area (Å²) in [5.41, 5.74) is 1.49. The van der Waals surface area contributed by atoms with Crippen LogP contribution in [0.3, 0.4) is 0 Å². The van der Waals surface area contributed by atoms with Gasteiger partial charge in [0.15, 0.2) is 6.29 Å². The molecule has 0 atom stereocenters. The van der Waals surface area contributed by atoms with Crippen molar-refractivity contribution in [1.29, 1.82) is 0 Å². The van der Waals surface area contributed by atoms with E-state index in [0.717, 1.165) is 5.56 Å². The molecule has 1 saturated heterocycles. The van der Waals surface area contributed by atoms with Crippen molar-refractivity contribution < 1.29 is 19.0 Å². The number of rotatable bonds is 3. The lowest BCUT2D eigenvalue weighted by molar-refractivity contribution is -0.220. The maximum atomic E-state index is 11.9. The van der Waals surface area contributed by atoms with Crippen LogP contribution < -0.4 is 0 Å². The summed E-state index contributed by atoms with van der Waals surface area (Å²) in [5, 5.41) is 0. The monoisotopic (exact) mass is 284 g/mol. The van der Waals surface area contributed by atoms with Gasteiger partial charge in [0.1, 0.15) is 6.10 Å². The van der Waals surface area contributed by atoms with Gasteiger partial charge in [0, 0.05) is 5.56 Å². The van der Waals surface area contributed by atoms with Gasteiger partial charge in [-0.3, -0.25) is 0 Å². The van der Waals surface area contributed by atoms with Gasteiger partial charge in [0.2, 0.25) is 0 Å². The highest BCUT2D eigenvalue weighted by Crippen LogP contribution is 2.23. The molecule has 1 aliphatic heterocycles. The van der Waals surface area contributed by atoms with Crippen molar-refractivity contribution >= 4 is 5.97 Å². The minimum Gasteiger partial charge on any atom is -0.454 e. The van der Waals surface area contributed by atoms with Gasteiger partial charge in [-0.1, -0.05) is 48.5 Å². The molecule has 1 fully saturated rings. The van der Waals surface area contributed by atoms with E-state index in [1.807, 2.05) is 36.4 Å². The summed E-state index contributed by atoms with van der Waals surface area (Å²) in [5.74, 6) is -0.356. The van der Waals surface area contributed by atoms with Gasteiger partial charge in [0.05, 0.1) is 18.8 Å². The Morgan fingerprint density at radius 3 is 2.10 bits per heavy atom. The van der Waals surface area contributed by atoms with E-state index in [0.29, 0.717) is 18.8 Å². The molecule has 4 nitrogen and oxygen atoms in total. The van der Waals surface area contributed by atoms with Gasteiger partial charge in [-0.05, 0) is 12.1 Å². The molecular formula is C17H16O4. The van der Waals surface area contributed by atoms with Crippen molar-refractivity contribution in [3.05, 3.63) is 71.8 Å². The van der Waals surface area contributed by atoms with Crippen LogP contribution in [0.2, 0.25) is 0 Å². The minimum atomic E-state index is -0.391. The van der Waals surface area contributed by atoms with Crippen LogP contribution in [0, 0.1) is 0 Å². The van der Waals surface area contributed by atoms with Gasteiger partial charge in [-0.2, -0.15) is 0 Å². The summed E-state index contributed by atoms with van der Waals surface area (Å²) in [6.45, 7) is 0.663. The molecule has 0 bridgehead atoms. The first kappa shape index (κ1) is 13.8. The second-order valence-corrected chi connectivity index (χ2v) is 4.80. The topological polar surface area (TPSA) is 44.8 Å². The van der Waals surface area contributed by atoms with Gasteiger partial charge >= 0.3 is 5.97 Å². The van der Waals surface area contributed by atoms with Crippen molar-refractivity contribution in [2.45, 2.75) is 12.4 Å². The summed E-state index contributed by atoms with van der Waals surface area (Å²) in [6.07, 6.45) is -0.768. The van der Waals surface area contributed by atoms with Crippen molar-refractivity contribution in [3.63, 3.8) is 0 Å². The van der Waals surface area contributed by atoms with Crippen LogP contribution in [-0.4, -0.2) is 25.3 Å². The Labute approximate surface area is 123 Å². The molecule has 21 heavy (non-hydrogen) atoms. The summed E-state index contributed by atoms with van der Waals surface area (Å²) >= 11 is 0. The normalized spacial score (nSPS) is 21.7. The first-order chi connectivity index (χ1) is 10.3. The SMILES string of the molecule is O=C(OC1COC(c2ccccc2)OC1)c1ccccc1. The number of benzene rings is 2. The second-order valence-electron chi connectivity index (χ2n) is 4.80. The van der Waals surface area contributed by atoms with Crippen molar-refractivity contribution in [2.24, 2.45) is 0 Å². The molecule has 3 rings (SSSR count). The van der Waals surface area contributed by atoms with E-state index in [1.54, 1.807) is 24.3 Å². The molecule has 0 aliphatic carbocycles. The molecule has 1 heterocycles. The van der Waals surface area contributed by atoms with Crippen LogP contribution in [0.5, 0.6) is 0 Å². The maximum absolute atomic E-state index is 11.9. The lowest BCUT2D eigenvalue weighted by atomic mass is 10.2. The first-order valence-electron chi connectivity index (χ1n) is 6.87. The number of carbonyl (C=O) groups excluding carboxylic acids is 1. The fourth-order valence-electron chi connectivity index (χ4n) is 2.15. The lowest BCUT2D eigenvalue weighted by Gasteiger charge is -2.29. The number of carbonyl (C=O) groups is 1. The number of esters is 1. The second kappa shape index (κ2) is 6.52. The molecule has 0 aromatic heterocycles. The zero-order valence-electron chi connectivity index (χ0n) is 11.5. The minimum absolute atomic E-state index is 0.331. The van der Waals surface area contributed by atoms with E-state index < -0.39 is 6.29 Å². The fourth-order valence-corrected chi connectivity index (χ4v) is 2.15. The molecule has 2 aromatic carbocycles. The van der Waals surface area contributed by atoms with Gasteiger partial charge in [-0.15, -0.1) is 0 Å². The molecule has 108 valence electrons. The highest BCUT2D eigenvalue weighted by molar-refractivity contribution is 5.89. The van der Waals surface area contributed by atoms with Crippen molar-refractivity contribution in [1.82, 2.24) is 0 Å². The molecule has 0 saturated carbocycles. The third kappa shape index (κ3) is 3.48. The Bertz CT molecular complexity index is 574. The Kier molecular flexibility index (Phi) is 4.28. The van der Waals surface area contributed by atoms with Gasteiger partial charge in [-0.25, -0.2) is 4.79 Å². The van der Waals surface area contributed by atoms with Crippen LogP contribution >= 0.6 is 0 Å².